The average Bonchev–Trinajstić information content (AvgIpc) is 3.01. The second kappa shape index (κ2) is 8.17. The standard InChI is InChI=1S/C23H25N3O3/c1-15-7-9-26(10-8-15)14-17-4-2-3-16(11-17)13-24-21(27)18-5-6-19-20(12-18)23(29)25-22(19)28/h2-6,11-12,15H,7-10,13-14H2,1H3,(H,24,27)(H,25,28,29). The van der Waals surface area contributed by atoms with E-state index in [1.807, 2.05) is 12.1 Å². The van der Waals surface area contributed by atoms with Crippen LogP contribution in [0.3, 0.4) is 0 Å². The van der Waals surface area contributed by atoms with Gasteiger partial charge in [0, 0.05) is 18.7 Å². The van der Waals surface area contributed by atoms with Crippen molar-refractivity contribution in [3.63, 3.8) is 0 Å². The molecule has 0 saturated carbocycles. The van der Waals surface area contributed by atoms with Crippen LogP contribution in [0, 0.1) is 5.92 Å². The van der Waals surface area contributed by atoms with Crippen molar-refractivity contribution in [3.8, 4) is 0 Å². The monoisotopic (exact) mass is 391 g/mol. The lowest BCUT2D eigenvalue weighted by Gasteiger charge is -2.30. The van der Waals surface area contributed by atoms with Gasteiger partial charge in [0.05, 0.1) is 11.1 Å². The van der Waals surface area contributed by atoms with Gasteiger partial charge in [-0.05, 0) is 61.2 Å². The zero-order valence-corrected chi connectivity index (χ0v) is 16.5. The van der Waals surface area contributed by atoms with Crippen molar-refractivity contribution in [3.05, 3.63) is 70.3 Å². The number of rotatable bonds is 5. The van der Waals surface area contributed by atoms with Crippen LogP contribution in [0.5, 0.6) is 0 Å². The summed E-state index contributed by atoms with van der Waals surface area (Å²) in [5, 5.41) is 5.13. The molecule has 1 fully saturated rings. The number of imide groups is 1. The molecule has 0 radical (unpaired) electrons. The van der Waals surface area contributed by atoms with E-state index in [9.17, 15) is 14.4 Å². The summed E-state index contributed by atoms with van der Waals surface area (Å²) in [5.41, 5.74) is 3.22. The molecule has 0 aromatic heterocycles. The number of hydrogen-bond acceptors (Lipinski definition) is 4. The van der Waals surface area contributed by atoms with Gasteiger partial charge < -0.3 is 5.32 Å². The van der Waals surface area contributed by atoms with Crippen LogP contribution in [-0.4, -0.2) is 35.7 Å². The van der Waals surface area contributed by atoms with Gasteiger partial charge >= 0.3 is 0 Å². The number of nitrogens with zero attached hydrogens (tertiary/aromatic N) is 1. The fourth-order valence-corrected chi connectivity index (χ4v) is 3.91. The molecule has 2 aromatic carbocycles. The smallest absolute Gasteiger partial charge is 0.258 e. The summed E-state index contributed by atoms with van der Waals surface area (Å²) in [6.07, 6.45) is 2.50. The van der Waals surface area contributed by atoms with Crippen LogP contribution in [0.1, 0.15) is 62.0 Å². The van der Waals surface area contributed by atoms with Gasteiger partial charge in [0.2, 0.25) is 0 Å². The molecule has 3 amide bonds. The summed E-state index contributed by atoms with van der Waals surface area (Å²) in [6.45, 7) is 5.92. The number of nitrogens with one attached hydrogen (secondary N) is 2. The third-order valence-corrected chi connectivity index (χ3v) is 5.72. The first-order valence-corrected chi connectivity index (χ1v) is 10.1. The molecule has 0 spiro atoms. The minimum atomic E-state index is -0.459. The maximum Gasteiger partial charge on any atom is 0.258 e. The predicted molar refractivity (Wildman–Crippen MR) is 110 cm³/mol. The van der Waals surface area contributed by atoms with E-state index >= 15 is 0 Å². The van der Waals surface area contributed by atoms with Crippen molar-refractivity contribution in [2.24, 2.45) is 5.92 Å². The van der Waals surface area contributed by atoms with Gasteiger partial charge in [0.25, 0.3) is 17.7 Å². The molecule has 150 valence electrons. The van der Waals surface area contributed by atoms with Crippen molar-refractivity contribution in [2.75, 3.05) is 13.1 Å². The van der Waals surface area contributed by atoms with Gasteiger partial charge in [0.1, 0.15) is 0 Å². The molecule has 0 atom stereocenters. The number of piperidine rings is 1. The number of carbonyl (C=O) groups excluding carboxylic acids is 3. The number of likely N-dealkylation sites (tertiary alicyclic amines) is 1. The molecule has 4 rings (SSSR count). The van der Waals surface area contributed by atoms with Crippen LogP contribution in [0.15, 0.2) is 42.5 Å². The number of carbonyl (C=O) groups is 3. The average molecular weight is 391 g/mol. The zero-order valence-electron chi connectivity index (χ0n) is 16.5. The van der Waals surface area contributed by atoms with Crippen molar-refractivity contribution < 1.29 is 14.4 Å². The largest absolute Gasteiger partial charge is 0.348 e. The van der Waals surface area contributed by atoms with E-state index in [0.29, 0.717) is 17.7 Å². The highest BCUT2D eigenvalue weighted by Gasteiger charge is 2.27. The Kier molecular flexibility index (Phi) is 5.45. The topological polar surface area (TPSA) is 78.5 Å². The van der Waals surface area contributed by atoms with Gasteiger partial charge in [-0.15, -0.1) is 0 Å². The first kappa shape index (κ1) is 19.3. The van der Waals surface area contributed by atoms with E-state index in [-0.39, 0.29) is 11.5 Å². The Morgan fingerprint density at radius 2 is 1.76 bits per heavy atom. The highest BCUT2D eigenvalue weighted by atomic mass is 16.2. The lowest BCUT2D eigenvalue weighted by atomic mass is 9.98. The lowest BCUT2D eigenvalue weighted by Crippen LogP contribution is -2.32. The van der Waals surface area contributed by atoms with E-state index in [4.69, 9.17) is 0 Å². The lowest BCUT2D eigenvalue weighted by molar-refractivity contribution is 0.0878. The Morgan fingerprint density at radius 3 is 2.55 bits per heavy atom. The van der Waals surface area contributed by atoms with Crippen LogP contribution in [0.2, 0.25) is 0 Å². The molecule has 2 aliphatic heterocycles. The third-order valence-electron chi connectivity index (χ3n) is 5.72. The molecular weight excluding hydrogens is 366 g/mol. The van der Waals surface area contributed by atoms with Crippen LogP contribution in [0.25, 0.3) is 0 Å². The van der Waals surface area contributed by atoms with E-state index < -0.39 is 11.8 Å². The molecule has 2 aliphatic rings. The molecule has 2 heterocycles. The predicted octanol–water partition coefficient (Wildman–Crippen LogP) is 2.73. The van der Waals surface area contributed by atoms with Crippen LogP contribution in [0.4, 0.5) is 0 Å². The molecule has 2 N–H and O–H groups in total. The zero-order chi connectivity index (χ0) is 20.4. The van der Waals surface area contributed by atoms with Crippen LogP contribution < -0.4 is 10.6 Å². The van der Waals surface area contributed by atoms with E-state index in [0.717, 1.165) is 31.1 Å². The Hall–Kier alpha value is -2.99. The SMILES string of the molecule is CC1CCN(Cc2cccc(CNC(=O)c3ccc4c(c3)C(=O)NC4=O)c2)CC1. The Balaban J connectivity index is 1.37. The van der Waals surface area contributed by atoms with E-state index in [1.54, 1.807) is 6.07 Å². The summed E-state index contributed by atoms with van der Waals surface area (Å²) in [5.74, 6) is -0.331. The number of benzene rings is 2. The fourth-order valence-electron chi connectivity index (χ4n) is 3.91. The minimum Gasteiger partial charge on any atom is -0.348 e. The van der Waals surface area contributed by atoms with Crippen molar-refractivity contribution in [1.29, 1.82) is 0 Å². The van der Waals surface area contributed by atoms with Gasteiger partial charge in [-0.2, -0.15) is 0 Å². The highest BCUT2D eigenvalue weighted by Crippen LogP contribution is 2.19. The van der Waals surface area contributed by atoms with Gasteiger partial charge in [0.15, 0.2) is 0 Å². The van der Waals surface area contributed by atoms with Gasteiger partial charge in [-0.3, -0.25) is 24.6 Å². The van der Waals surface area contributed by atoms with Crippen LogP contribution in [-0.2, 0) is 13.1 Å². The van der Waals surface area contributed by atoms with E-state index in [1.165, 1.54) is 30.5 Å². The molecule has 6 heteroatoms. The third kappa shape index (κ3) is 4.38. The van der Waals surface area contributed by atoms with Crippen molar-refractivity contribution in [1.82, 2.24) is 15.5 Å². The molecule has 6 nitrogen and oxygen atoms in total. The first-order valence-electron chi connectivity index (χ1n) is 10.1. The summed E-state index contributed by atoms with van der Waals surface area (Å²) >= 11 is 0. The Labute approximate surface area is 170 Å². The highest BCUT2D eigenvalue weighted by molar-refractivity contribution is 6.22. The van der Waals surface area contributed by atoms with Gasteiger partial charge in [-0.1, -0.05) is 31.2 Å². The summed E-state index contributed by atoms with van der Waals surface area (Å²) in [7, 11) is 0. The van der Waals surface area contributed by atoms with Crippen molar-refractivity contribution in [2.45, 2.75) is 32.9 Å². The molecule has 0 aliphatic carbocycles. The molecular formula is C23H25N3O3. The molecule has 0 bridgehead atoms. The number of fused-ring (bicyclic) bond motifs is 1. The minimum absolute atomic E-state index is 0.250. The number of hydrogen-bond donors (Lipinski definition) is 2. The summed E-state index contributed by atoms with van der Waals surface area (Å²) < 4.78 is 0. The normalized spacial score (nSPS) is 17.1. The van der Waals surface area contributed by atoms with Crippen LogP contribution >= 0.6 is 0 Å². The molecule has 29 heavy (non-hydrogen) atoms. The quantitative estimate of drug-likeness (QED) is 0.769. The summed E-state index contributed by atoms with van der Waals surface area (Å²) in [6, 6.07) is 12.8. The maximum atomic E-state index is 12.5. The van der Waals surface area contributed by atoms with E-state index in [2.05, 4.69) is 34.6 Å². The Morgan fingerprint density at radius 1 is 1.03 bits per heavy atom. The second-order valence-corrected chi connectivity index (χ2v) is 8.00. The fraction of sp³-hybridized carbons (Fsp3) is 0.348. The second-order valence-electron chi connectivity index (χ2n) is 8.00. The maximum absolute atomic E-state index is 12.5. The molecule has 0 unspecified atom stereocenters. The summed E-state index contributed by atoms with van der Waals surface area (Å²) in [4.78, 5) is 38.4. The number of amides is 3. The molecule has 1 saturated heterocycles. The van der Waals surface area contributed by atoms with Crippen molar-refractivity contribution >= 4 is 17.7 Å². The Bertz CT molecular complexity index is 962. The first-order chi connectivity index (χ1) is 14.0. The van der Waals surface area contributed by atoms with Gasteiger partial charge in [-0.25, -0.2) is 0 Å². The molecule has 2 aromatic rings.